The second-order valence-corrected chi connectivity index (χ2v) is 12.5. The molecule has 2 heterocycles. The van der Waals surface area contributed by atoms with E-state index in [0.29, 0.717) is 43.6 Å². The average Bonchev–Trinajstić information content (AvgIpc) is 3.65. The number of halogens is 6. The van der Waals surface area contributed by atoms with Crippen molar-refractivity contribution in [1.29, 1.82) is 0 Å². The van der Waals surface area contributed by atoms with Crippen LogP contribution in [0.5, 0.6) is 0 Å². The highest BCUT2D eigenvalue weighted by molar-refractivity contribution is 6.62. The van der Waals surface area contributed by atoms with Gasteiger partial charge in [-0.05, 0) is 59.2 Å². The van der Waals surface area contributed by atoms with Gasteiger partial charge < -0.3 is 45.7 Å². The van der Waals surface area contributed by atoms with Crippen molar-refractivity contribution in [2.45, 2.75) is 64.2 Å². The van der Waals surface area contributed by atoms with Crippen molar-refractivity contribution >= 4 is 48.9 Å². The molecule has 2 aromatic carbocycles. The Morgan fingerprint density at radius 3 is 1.85 bits per heavy atom. The molecule has 0 spiro atoms. The first-order chi connectivity index (χ1) is 24.8. The van der Waals surface area contributed by atoms with E-state index >= 15 is 0 Å². The fourth-order valence-corrected chi connectivity index (χ4v) is 5.68. The van der Waals surface area contributed by atoms with Gasteiger partial charge in [0.25, 0.3) is 11.8 Å². The van der Waals surface area contributed by atoms with E-state index < -0.39 is 104 Å². The van der Waals surface area contributed by atoms with Crippen molar-refractivity contribution in [1.82, 2.24) is 21.3 Å². The smallest absolute Gasteiger partial charge is 0.481 e. The van der Waals surface area contributed by atoms with Crippen molar-refractivity contribution in [2.24, 2.45) is 5.92 Å². The highest BCUT2D eigenvalue weighted by Gasteiger charge is 2.42. The number of amides is 3. The Morgan fingerprint density at radius 1 is 0.811 bits per heavy atom. The molecule has 0 aromatic heterocycles. The number of aliphatic carboxylic acids is 1. The van der Waals surface area contributed by atoms with E-state index in [1.807, 2.05) is 0 Å². The Labute approximate surface area is 299 Å². The normalized spacial score (nSPS) is 15.0. The number of carbonyl (C=O) groups is 4. The zero-order chi connectivity index (χ0) is 39.2. The Morgan fingerprint density at radius 2 is 1.34 bits per heavy atom. The molecule has 2 aromatic rings. The quantitative estimate of drug-likeness (QED) is 0.0743. The van der Waals surface area contributed by atoms with Gasteiger partial charge in [-0.25, -0.2) is 0 Å². The van der Waals surface area contributed by atoms with Crippen LogP contribution in [0.2, 0.25) is 0 Å². The SMILES string of the molecule is C=C(CCNC(=O)[C@H](CNC(=O)c1cc2c(c(C(F)(F)F)c1)COB2O)NC(=O)c1cc2c(c(C(F)(F)F)c1)COB2O)NCCCC[C@H](C)C(=O)O. The first-order valence-electron chi connectivity index (χ1n) is 16.4. The molecule has 21 heteroatoms. The third-order valence-electron chi connectivity index (χ3n) is 8.68. The summed E-state index contributed by atoms with van der Waals surface area (Å²) in [6, 6.07) is 1.30. The highest BCUT2D eigenvalue weighted by Crippen LogP contribution is 2.35. The number of unbranched alkanes of at least 4 members (excludes halogenated alkanes) is 1. The van der Waals surface area contributed by atoms with E-state index in [-0.39, 0.29) is 35.0 Å². The van der Waals surface area contributed by atoms with Crippen LogP contribution < -0.4 is 32.2 Å². The van der Waals surface area contributed by atoms with Gasteiger partial charge in [-0.15, -0.1) is 0 Å². The lowest BCUT2D eigenvalue weighted by Crippen LogP contribution is -2.53. The van der Waals surface area contributed by atoms with Crippen molar-refractivity contribution in [3.63, 3.8) is 0 Å². The monoisotopic (exact) mass is 756 g/mol. The topological polar surface area (TPSA) is 196 Å². The van der Waals surface area contributed by atoms with Gasteiger partial charge in [0.15, 0.2) is 0 Å². The number of rotatable bonds is 16. The number of carbonyl (C=O) groups excluding carboxylic acids is 3. The van der Waals surface area contributed by atoms with Crippen LogP contribution in [0.25, 0.3) is 0 Å². The maximum absolute atomic E-state index is 13.9. The van der Waals surface area contributed by atoms with Crippen LogP contribution in [0.1, 0.15) is 75.6 Å². The molecule has 13 nitrogen and oxygen atoms in total. The van der Waals surface area contributed by atoms with Gasteiger partial charge in [0.1, 0.15) is 6.04 Å². The Hall–Kier alpha value is -4.59. The molecule has 7 N–H and O–H groups in total. The zero-order valence-corrected chi connectivity index (χ0v) is 28.2. The maximum atomic E-state index is 13.9. The minimum Gasteiger partial charge on any atom is -0.481 e. The van der Waals surface area contributed by atoms with Crippen LogP contribution in [0, 0.1) is 5.92 Å². The Bertz CT molecular complexity index is 1740. The largest absolute Gasteiger partial charge is 0.491 e. The Balaban J connectivity index is 1.48. The van der Waals surface area contributed by atoms with E-state index in [1.54, 1.807) is 6.92 Å². The van der Waals surface area contributed by atoms with Gasteiger partial charge in [-0.3, -0.25) is 19.2 Å². The number of nitrogens with one attached hydrogen (secondary N) is 4. The van der Waals surface area contributed by atoms with Crippen LogP contribution in [-0.4, -0.2) is 78.8 Å². The highest BCUT2D eigenvalue weighted by atomic mass is 19.4. The summed E-state index contributed by atoms with van der Waals surface area (Å²) in [5, 5.41) is 39.1. The lowest BCUT2D eigenvalue weighted by atomic mass is 9.77. The van der Waals surface area contributed by atoms with E-state index in [1.165, 1.54) is 0 Å². The lowest BCUT2D eigenvalue weighted by Gasteiger charge is -2.21. The van der Waals surface area contributed by atoms with Gasteiger partial charge in [0.05, 0.1) is 30.3 Å². The van der Waals surface area contributed by atoms with Crippen molar-refractivity contribution in [3.8, 4) is 0 Å². The van der Waals surface area contributed by atoms with Crippen molar-refractivity contribution in [2.75, 3.05) is 19.6 Å². The summed E-state index contributed by atoms with van der Waals surface area (Å²) >= 11 is 0. The van der Waals surface area contributed by atoms with Crippen LogP contribution in [0.3, 0.4) is 0 Å². The predicted octanol–water partition coefficient (Wildman–Crippen LogP) is 1.19. The van der Waals surface area contributed by atoms with Gasteiger partial charge in [-0.1, -0.05) is 19.9 Å². The number of alkyl halides is 6. The van der Waals surface area contributed by atoms with Crippen LogP contribution in [0.15, 0.2) is 36.5 Å². The molecule has 2 aliphatic heterocycles. The molecule has 0 aliphatic carbocycles. The summed E-state index contributed by atoms with van der Waals surface area (Å²) in [4.78, 5) is 50.6. The summed E-state index contributed by atoms with van der Waals surface area (Å²) in [6.45, 7) is 3.96. The molecule has 2 atom stereocenters. The van der Waals surface area contributed by atoms with E-state index in [0.717, 1.165) is 12.1 Å². The standard InChI is InChI=1S/C32H36B2F6N4O9/c1-16(30(48)49)5-3-4-7-41-17(2)6-8-42-29(47)26(44-28(46)19-10-23(32(38,39)40)21-15-53-34(51)25(21)12-19)13-43-27(45)18-9-22(31(35,36)37)20-14-52-33(50)24(20)11-18/h9-12,16,26,41,50-51H,2-8,13-15H2,1H3,(H,42,47)(H,43,45)(H,44,46)(H,48,49)/t16-,26-/m0/s1. The molecule has 2 aliphatic rings. The molecule has 286 valence electrons. The average molecular weight is 756 g/mol. The molecule has 3 amide bonds. The molecule has 53 heavy (non-hydrogen) atoms. The summed E-state index contributed by atoms with van der Waals surface area (Å²) in [5.74, 6) is -4.67. The van der Waals surface area contributed by atoms with E-state index in [2.05, 4.69) is 27.8 Å². The fraction of sp³-hybridized carbons (Fsp3) is 0.438. The molecule has 0 saturated heterocycles. The molecule has 0 radical (unpaired) electrons. The number of carboxylic acid groups (broad SMARTS) is 1. The first kappa shape index (κ1) is 41.2. The first-order valence-corrected chi connectivity index (χ1v) is 16.4. The summed E-state index contributed by atoms with van der Waals surface area (Å²) < 4.78 is 92.7. The van der Waals surface area contributed by atoms with Gasteiger partial charge in [0.2, 0.25) is 5.91 Å². The second-order valence-electron chi connectivity index (χ2n) is 12.5. The lowest BCUT2D eigenvalue weighted by molar-refractivity contribution is -0.141. The van der Waals surface area contributed by atoms with E-state index in [9.17, 15) is 55.6 Å². The van der Waals surface area contributed by atoms with Crippen LogP contribution >= 0.6 is 0 Å². The van der Waals surface area contributed by atoms with Gasteiger partial charge in [0, 0.05) is 42.9 Å². The van der Waals surface area contributed by atoms with Crippen LogP contribution in [0.4, 0.5) is 26.3 Å². The van der Waals surface area contributed by atoms with Crippen molar-refractivity contribution in [3.05, 3.63) is 69.9 Å². The summed E-state index contributed by atoms with van der Waals surface area (Å²) in [7, 11) is -3.50. The number of carboxylic acids is 1. The third-order valence-corrected chi connectivity index (χ3v) is 8.68. The maximum Gasteiger partial charge on any atom is 0.491 e. The molecule has 0 unspecified atom stereocenters. The van der Waals surface area contributed by atoms with Crippen molar-refractivity contribution < 1.29 is 70.0 Å². The van der Waals surface area contributed by atoms with E-state index in [4.69, 9.17) is 14.4 Å². The number of fused-ring (bicyclic) bond motifs is 2. The van der Waals surface area contributed by atoms with Crippen LogP contribution in [-0.2, 0) is 44.5 Å². The third kappa shape index (κ3) is 10.5. The molecular formula is C32H36B2F6N4O9. The predicted molar refractivity (Wildman–Crippen MR) is 177 cm³/mol. The fourth-order valence-electron chi connectivity index (χ4n) is 5.68. The minimum atomic E-state index is -4.95. The zero-order valence-electron chi connectivity index (χ0n) is 28.2. The summed E-state index contributed by atoms with van der Waals surface area (Å²) in [5.41, 5.74) is -4.51. The minimum absolute atomic E-state index is 0.0702. The summed E-state index contributed by atoms with van der Waals surface area (Å²) in [6.07, 6.45) is -7.95. The number of benzene rings is 2. The number of hydrogen-bond acceptors (Lipinski definition) is 9. The Kier molecular flexibility index (Phi) is 13.2. The molecule has 0 fully saturated rings. The second kappa shape index (κ2) is 17.0. The molecule has 0 saturated carbocycles. The van der Waals surface area contributed by atoms with Gasteiger partial charge >= 0.3 is 32.6 Å². The molecule has 4 rings (SSSR count). The molecule has 0 bridgehead atoms. The number of hydrogen-bond donors (Lipinski definition) is 7. The van der Waals surface area contributed by atoms with Gasteiger partial charge in [-0.2, -0.15) is 26.3 Å². The molecular weight excluding hydrogens is 720 g/mol.